The van der Waals surface area contributed by atoms with Gasteiger partial charge in [-0.05, 0) is 43.9 Å². The van der Waals surface area contributed by atoms with E-state index in [0.717, 1.165) is 27.2 Å². The van der Waals surface area contributed by atoms with Crippen LogP contribution < -0.4 is 0 Å². The van der Waals surface area contributed by atoms with Gasteiger partial charge in [-0.2, -0.15) is 0 Å². The normalized spacial score (nSPS) is 16.3. The van der Waals surface area contributed by atoms with Crippen molar-refractivity contribution in [2.24, 2.45) is 5.92 Å². The summed E-state index contributed by atoms with van der Waals surface area (Å²) < 4.78 is 11.1. The van der Waals surface area contributed by atoms with Gasteiger partial charge in [-0.25, -0.2) is 9.69 Å². The Morgan fingerprint density at radius 2 is 1.86 bits per heavy atom. The molecule has 1 fully saturated rings. The van der Waals surface area contributed by atoms with Gasteiger partial charge >= 0.3 is 6.09 Å². The summed E-state index contributed by atoms with van der Waals surface area (Å²) in [5.41, 5.74) is 3.54. The monoisotopic (exact) mass is 475 g/mol. The molecule has 4 rings (SSSR count). The predicted molar refractivity (Wildman–Crippen MR) is 130 cm³/mol. The summed E-state index contributed by atoms with van der Waals surface area (Å²) in [6.07, 6.45) is 1.11. The van der Waals surface area contributed by atoms with Gasteiger partial charge in [0.1, 0.15) is 24.3 Å². The molecule has 1 N–H and O–H groups in total. The number of aryl methyl sites for hydroxylation is 2. The highest BCUT2D eigenvalue weighted by Crippen LogP contribution is 2.33. The van der Waals surface area contributed by atoms with E-state index in [4.69, 9.17) is 14.3 Å². The van der Waals surface area contributed by atoms with Crippen molar-refractivity contribution in [1.82, 2.24) is 4.90 Å². The summed E-state index contributed by atoms with van der Waals surface area (Å²) in [7, 11) is 0. The van der Waals surface area contributed by atoms with Crippen LogP contribution in [0.5, 0.6) is 0 Å². The van der Waals surface area contributed by atoms with Crippen LogP contribution in [0.3, 0.4) is 0 Å². The number of unbranched alkanes of at least 4 members (excludes halogenated alkanes) is 1. The third kappa shape index (κ3) is 5.20. The Kier molecular flexibility index (Phi) is 7.46. The molecular weight excluding hydrogens is 446 g/mol. The average molecular weight is 476 g/mol. The largest absolute Gasteiger partial charge is 0.457 e. The number of aliphatic hydroxyl groups excluding tert-OH is 1. The van der Waals surface area contributed by atoms with Gasteiger partial charge in [0.05, 0.1) is 0 Å². The number of imide groups is 1. The first kappa shape index (κ1) is 24.4. The van der Waals surface area contributed by atoms with Gasteiger partial charge in [0.25, 0.3) is 0 Å². The first-order chi connectivity index (χ1) is 16.9. The van der Waals surface area contributed by atoms with Gasteiger partial charge in [-0.15, -0.1) is 0 Å². The van der Waals surface area contributed by atoms with Crippen LogP contribution in [-0.4, -0.2) is 41.0 Å². The van der Waals surface area contributed by atoms with Crippen LogP contribution in [0.4, 0.5) is 4.79 Å². The van der Waals surface area contributed by atoms with Gasteiger partial charge < -0.3 is 14.3 Å². The summed E-state index contributed by atoms with van der Waals surface area (Å²) in [6, 6.07) is 18.1. The van der Waals surface area contributed by atoms with E-state index in [-0.39, 0.29) is 19.0 Å². The molecule has 35 heavy (non-hydrogen) atoms. The van der Waals surface area contributed by atoms with E-state index < -0.39 is 29.7 Å². The van der Waals surface area contributed by atoms with E-state index in [1.807, 2.05) is 61.5 Å². The average Bonchev–Trinajstić information content (AvgIpc) is 3.47. The molecule has 1 aromatic heterocycles. The summed E-state index contributed by atoms with van der Waals surface area (Å²) in [4.78, 5) is 40.1. The number of hydrogen-bond acceptors (Lipinski definition) is 6. The van der Waals surface area contributed by atoms with Crippen molar-refractivity contribution >= 4 is 17.8 Å². The molecule has 0 spiro atoms. The molecule has 1 aliphatic rings. The molecule has 0 saturated carbocycles. The zero-order valence-corrected chi connectivity index (χ0v) is 19.9. The number of rotatable bonds is 9. The lowest BCUT2D eigenvalue weighted by atomic mass is 9.98. The highest BCUT2D eigenvalue weighted by atomic mass is 16.6. The molecule has 2 amide bonds. The molecule has 2 heterocycles. The molecule has 7 heteroatoms. The lowest BCUT2D eigenvalue weighted by molar-refractivity contribution is -0.131. The first-order valence-electron chi connectivity index (χ1n) is 11.8. The molecule has 1 aliphatic heterocycles. The minimum Gasteiger partial charge on any atom is -0.457 e. The number of nitrogens with zero attached hydrogens (tertiary/aromatic N) is 1. The van der Waals surface area contributed by atoms with Gasteiger partial charge in [0, 0.05) is 18.6 Å². The SMILES string of the molecule is Cc1cccc(-c2cc(C(=O)C(C)C(=O)N3C(=O)OCC3c3ccccc3)oc2CCCCO)c1. The van der Waals surface area contributed by atoms with Crippen LogP contribution in [0.15, 0.2) is 65.1 Å². The summed E-state index contributed by atoms with van der Waals surface area (Å²) in [5, 5.41) is 9.16. The van der Waals surface area contributed by atoms with Crippen molar-refractivity contribution in [2.45, 2.75) is 39.2 Å². The fourth-order valence-electron chi connectivity index (χ4n) is 4.31. The Balaban J connectivity index is 1.61. The van der Waals surface area contributed by atoms with Crippen LogP contribution in [0.25, 0.3) is 11.1 Å². The van der Waals surface area contributed by atoms with Gasteiger partial charge in [-0.1, -0.05) is 60.2 Å². The van der Waals surface area contributed by atoms with Crippen molar-refractivity contribution < 1.29 is 28.6 Å². The van der Waals surface area contributed by atoms with E-state index in [2.05, 4.69) is 0 Å². The van der Waals surface area contributed by atoms with Crippen molar-refractivity contribution in [3.8, 4) is 11.1 Å². The fourth-order valence-corrected chi connectivity index (χ4v) is 4.31. The van der Waals surface area contributed by atoms with Crippen LogP contribution >= 0.6 is 0 Å². The molecule has 3 aromatic rings. The third-order valence-electron chi connectivity index (χ3n) is 6.25. The number of cyclic esters (lactones) is 1. The summed E-state index contributed by atoms with van der Waals surface area (Å²) in [5.74, 6) is -1.54. The topological polar surface area (TPSA) is 97.1 Å². The molecule has 2 unspecified atom stereocenters. The van der Waals surface area contributed by atoms with Crippen molar-refractivity contribution in [3.63, 3.8) is 0 Å². The number of amides is 2. The Hall–Kier alpha value is -3.71. The Labute approximate surface area is 204 Å². The van der Waals surface area contributed by atoms with E-state index >= 15 is 0 Å². The minimum absolute atomic E-state index is 0.0444. The highest BCUT2D eigenvalue weighted by molar-refractivity contribution is 6.12. The standard InChI is InChI=1S/C28H29NO6/c1-18-9-8-12-21(15-18)22-16-25(35-24(22)13-6-7-14-30)26(31)19(2)27(32)29-23(17-34-28(29)33)20-10-4-3-5-11-20/h3-5,8-12,15-16,19,23,30H,6-7,13-14,17H2,1-2H3. The number of furan rings is 1. The maximum absolute atomic E-state index is 13.4. The Morgan fingerprint density at radius 3 is 2.57 bits per heavy atom. The Bertz CT molecular complexity index is 1220. The second kappa shape index (κ2) is 10.7. The molecule has 0 bridgehead atoms. The number of benzene rings is 2. The number of carbonyl (C=O) groups is 3. The zero-order chi connectivity index (χ0) is 24.9. The number of Topliss-reactive ketones (excluding diaryl/α,β-unsaturated/α-hetero) is 1. The number of aliphatic hydroxyl groups is 1. The molecule has 2 aromatic carbocycles. The summed E-state index contributed by atoms with van der Waals surface area (Å²) in [6.45, 7) is 3.59. The zero-order valence-electron chi connectivity index (χ0n) is 19.9. The number of ketones is 1. The van der Waals surface area contributed by atoms with Crippen molar-refractivity contribution in [1.29, 1.82) is 0 Å². The second-order valence-electron chi connectivity index (χ2n) is 8.80. The van der Waals surface area contributed by atoms with E-state index in [0.29, 0.717) is 25.0 Å². The Morgan fingerprint density at radius 1 is 1.09 bits per heavy atom. The van der Waals surface area contributed by atoms with E-state index in [1.165, 1.54) is 6.92 Å². The molecule has 2 atom stereocenters. The van der Waals surface area contributed by atoms with Crippen LogP contribution in [-0.2, 0) is 16.0 Å². The predicted octanol–water partition coefficient (Wildman–Crippen LogP) is 5.11. The van der Waals surface area contributed by atoms with Crippen LogP contribution in [0.1, 0.15) is 53.2 Å². The third-order valence-corrected chi connectivity index (χ3v) is 6.25. The van der Waals surface area contributed by atoms with Gasteiger partial charge in [-0.3, -0.25) is 9.59 Å². The minimum atomic E-state index is -1.13. The van der Waals surface area contributed by atoms with Gasteiger partial charge in [0.2, 0.25) is 11.7 Å². The quantitative estimate of drug-likeness (QED) is 0.262. The second-order valence-corrected chi connectivity index (χ2v) is 8.80. The van der Waals surface area contributed by atoms with Crippen molar-refractivity contribution in [2.75, 3.05) is 13.2 Å². The van der Waals surface area contributed by atoms with Gasteiger partial charge in [0.15, 0.2) is 5.76 Å². The lowest BCUT2D eigenvalue weighted by Crippen LogP contribution is -2.40. The maximum Gasteiger partial charge on any atom is 0.417 e. The van der Waals surface area contributed by atoms with Crippen LogP contribution in [0.2, 0.25) is 0 Å². The van der Waals surface area contributed by atoms with E-state index in [1.54, 1.807) is 6.07 Å². The fraction of sp³-hybridized carbons (Fsp3) is 0.321. The highest BCUT2D eigenvalue weighted by Gasteiger charge is 2.42. The molecule has 0 radical (unpaired) electrons. The smallest absolute Gasteiger partial charge is 0.417 e. The van der Waals surface area contributed by atoms with E-state index in [9.17, 15) is 14.4 Å². The molecule has 0 aliphatic carbocycles. The van der Waals surface area contributed by atoms with Crippen molar-refractivity contribution in [3.05, 3.63) is 83.3 Å². The number of ether oxygens (including phenoxy) is 1. The molecule has 182 valence electrons. The molecule has 7 nitrogen and oxygen atoms in total. The molecule has 1 saturated heterocycles. The summed E-state index contributed by atoms with van der Waals surface area (Å²) >= 11 is 0. The molecular formula is C28H29NO6. The number of hydrogen-bond donors (Lipinski definition) is 1. The maximum atomic E-state index is 13.4. The number of carbonyl (C=O) groups excluding carboxylic acids is 3. The lowest BCUT2D eigenvalue weighted by Gasteiger charge is -2.22. The first-order valence-corrected chi connectivity index (χ1v) is 11.8. The van der Waals surface area contributed by atoms with Crippen LogP contribution in [0, 0.1) is 12.8 Å².